The second-order valence-corrected chi connectivity index (χ2v) is 5.31. The van der Waals surface area contributed by atoms with Crippen molar-refractivity contribution < 1.29 is 10.0 Å². The summed E-state index contributed by atoms with van der Waals surface area (Å²) in [7, 11) is 0. The fourth-order valence-electron chi connectivity index (χ4n) is 2.49. The average molecular weight is 260 g/mol. The van der Waals surface area contributed by atoms with Crippen molar-refractivity contribution in [1.29, 1.82) is 0 Å². The Morgan fingerprint density at radius 1 is 1.42 bits per heavy atom. The lowest BCUT2D eigenvalue weighted by Gasteiger charge is -2.32. The number of amides is 1. The van der Waals surface area contributed by atoms with Crippen molar-refractivity contribution in [1.82, 2.24) is 4.90 Å². The Bertz CT molecular complexity index is 523. The highest BCUT2D eigenvalue weighted by molar-refractivity contribution is 5.97. The van der Waals surface area contributed by atoms with E-state index in [0.717, 1.165) is 22.4 Å². The Morgan fingerprint density at radius 3 is 2.79 bits per heavy atom. The topological polar surface area (TPSA) is 52.9 Å². The molecule has 1 N–H and O–H groups in total. The van der Waals surface area contributed by atoms with E-state index in [1.165, 1.54) is 0 Å². The first-order valence-corrected chi connectivity index (χ1v) is 6.60. The van der Waals surface area contributed by atoms with Crippen LogP contribution in [0.15, 0.2) is 23.4 Å². The number of rotatable bonds is 1. The predicted molar refractivity (Wildman–Crippen MR) is 74.8 cm³/mol. The summed E-state index contributed by atoms with van der Waals surface area (Å²) in [5, 5.41) is 12.2. The number of carbonyl (C=O) groups excluding carboxylic acids is 1. The molecule has 1 amide bonds. The summed E-state index contributed by atoms with van der Waals surface area (Å²) in [4.78, 5) is 14.4. The van der Waals surface area contributed by atoms with Crippen LogP contribution in [0.2, 0.25) is 0 Å². The first-order chi connectivity index (χ1) is 9.02. The molecule has 0 radical (unpaired) electrons. The van der Waals surface area contributed by atoms with Gasteiger partial charge in [-0.3, -0.25) is 4.79 Å². The zero-order valence-electron chi connectivity index (χ0n) is 11.7. The van der Waals surface area contributed by atoms with E-state index in [1.807, 2.05) is 43.9 Å². The van der Waals surface area contributed by atoms with Crippen molar-refractivity contribution in [2.45, 2.75) is 27.2 Å². The molecule has 1 aliphatic rings. The molecule has 0 aromatic heterocycles. The van der Waals surface area contributed by atoms with Gasteiger partial charge in [0.25, 0.3) is 5.91 Å². The van der Waals surface area contributed by atoms with Gasteiger partial charge < -0.3 is 10.1 Å². The van der Waals surface area contributed by atoms with E-state index in [1.54, 1.807) is 0 Å². The third-order valence-corrected chi connectivity index (χ3v) is 3.74. The van der Waals surface area contributed by atoms with E-state index in [9.17, 15) is 4.79 Å². The molecule has 102 valence electrons. The minimum Gasteiger partial charge on any atom is -0.411 e. The van der Waals surface area contributed by atoms with E-state index < -0.39 is 0 Å². The summed E-state index contributed by atoms with van der Waals surface area (Å²) in [6.07, 6.45) is 0.647. The van der Waals surface area contributed by atoms with Gasteiger partial charge in [0.1, 0.15) is 0 Å². The Hall–Kier alpha value is -1.84. The van der Waals surface area contributed by atoms with Gasteiger partial charge in [0.15, 0.2) is 0 Å². The van der Waals surface area contributed by atoms with Crippen LogP contribution in [0, 0.1) is 19.8 Å². The minimum atomic E-state index is 0.0741. The fraction of sp³-hybridized carbons (Fsp3) is 0.467. The third-order valence-electron chi connectivity index (χ3n) is 3.74. The Kier molecular flexibility index (Phi) is 3.88. The molecule has 0 bridgehead atoms. The molecule has 1 atom stereocenters. The highest BCUT2D eigenvalue weighted by Gasteiger charge is 2.27. The van der Waals surface area contributed by atoms with Crippen molar-refractivity contribution >= 4 is 11.6 Å². The van der Waals surface area contributed by atoms with Crippen molar-refractivity contribution in [3.8, 4) is 0 Å². The number of piperidine rings is 1. The molecule has 4 nitrogen and oxygen atoms in total. The Morgan fingerprint density at radius 2 is 2.16 bits per heavy atom. The van der Waals surface area contributed by atoms with Crippen LogP contribution in [0.5, 0.6) is 0 Å². The van der Waals surface area contributed by atoms with E-state index in [4.69, 9.17) is 5.21 Å². The number of benzene rings is 1. The third kappa shape index (κ3) is 2.78. The first kappa shape index (κ1) is 13.6. The van der Waals surface area contributed by atoms with Gasteiger partial charge in [-0.15, -0.1) is 0 Å². The molecule has 1 aromatic rings. The lowest BCUT2D eigenvalue weighted by atomic mass is 9.96. The first-order valence-electron chi connectivity index (χ1n) is 6.60. The van der Waals surface area contributed by atoms with Crippen LogP contribution in [0.1, 0.15) is 34.8 Å². The number of aryl methyl sites for hydroxylation is 2. The van der Waals surface area contributed by atoms with E-state index in [-0.39, 0.29) is 11.8 Å². The second kappa shape index (κ2) is 5.43. The molecule has 0 aliphatic carbocycles. The Labute approximate surface area is 113 Å². The minimum absolute atomic E-state index is 0.0741. The van der Waals surface area contributed by atoms with Gasteiger partial charge in [0.05, 0.1) is 5.71 Å². The summed E-state index contributed by atoms with van der Waals surface area (Å²) >= 11 is 0. The SMILES string of the molecule is Cc1ccc(C)c(C(=O)N2CC/C(=N\O)C(C)C2)c1. The molecule has 1 aliphatic heterocycles. The maximum atomic E-state index is 12.5. The molecule has 0 saturated carbocycles. The number of hydrogen-bond acceptors (Lipinski definition) is 3. The zero-order chi connectivity index (χ0) is 14.0. The summed E-state index contributed by atoms with van der Waals surface area (Å²) in [5.74, 6) is 0.192. The van der Waals surface area contributed by atoms with Gasteiger partial charge >= 0.3 is 0 Å². The van der Waals surface area contributed by atoms with Crippen LogP contribution < -0.4 is 0 Å². The van der Waals surface area contributed by atoms with Crippen LogP contribution in [-0.4, -0.2) is 34.8 Å². The second-order valence-electron chi connectivity index (χ2n) is 5.31. The highest BCUT2D eigenvalue weighted by Crippen LogP contribution is 2.19. The Balaban J connectivity index is 2.19. The van der Waals surface area contributed by atoms with Crippen molar-refractivity contribution in [2.75, 3.05) is 13.1 Å². The maximum Gasteiger partial charge on any atom is 0.254 e. The molecule has 1 aromatic carbocycles. The number of hydrogen-bond donors (Lipinski definition) is 1. The maximum absolute atomic E-state index is 12.5. The van der Waals surface area contributed by atoms with Gasteiger partial charge in [0.2, 0.25) is 0 Å². The lowest BCUT2D eigenvalue weighted by molar-refractivity contribution is 0.0733. The van der Waals surface area contributed by atoms with Crippen LogP contribution in [0.3, 0.4) is 0 Å². The van der Waals surface area contributed by atoms with Crippen molar-refractivity contribution in [3.63, 3.8) is 0 Å². The average Bonchev–Trinajstić information content (AvgIpc) is 2.40. The van der Waals surface area contributed by atoms with Gasteiger partial charge in [0, 0.05) is 31.0 Å². The molecular formula is C15H20N2O2. The van der Waals surface area contributed by atoms with Crippen LogP contribution >= 0.6 is 0 Å². The fourth-order valence-corrected chi connectivity index (χ4v) is 2.49. The number of carbonyl (C=O) groups is 1. The van der Waals surface area contributed by atoms with E-state index in [0.29, 0.717) is 19.5 Å². The van der Waals surface area contributed by atoms with Gasteiger partial charge in [-0.1, -0.05) is 29.8 Å². The number of nitrogens with zero attached hydrogens (tertiary/aromatic N) is 2. The summed E-state index contributed by atoms with van der Waals surface area (Å²) < 4.78 is 0. The molecule has 1 heterocycles. The predicted octanol–water partition coefficient (Wildman–Crippen LogP) is 2.62. The van der Waals surface area contributed by atoms with E-state index in [2.05, 4.69) is 5.16 Å². The number of oxime groups is 1. The van der Waals surface area contributed by atoms with E-state index >= 15 is 0 Å². The quantitative estimate of drug-likeness (QED) is 0.623. The zero-order valence-corrected chi connectivity index (χ0v) is 11.7. The van der Waals surface area contributed by atoms with Gasteiger partial charge in [-0.2, -0.15) is 0 Å². The standard InChI is InChI=1S/C15H20N2O2/c1-10-4-5-11(2)13(8-10)15(18)17-7-6-14(16-19)12(3)9-17/h4-5,8,12,19H,6-7,9H2,1-3H3/b16-14+. The molecule has 19 heavy (non-hydrogen) atoms. The molecule has 1 fully saturated rings. The van der Waals surface area contributed by atoms with Crippen LogP contribution in [0.25, 0.3) is 0 Å². The van der Waals surface area contributed by atoms with Crippen molar-refractivity contribution in [2.24, 2.45) is 11.1 Å². The molecule has 0 spiro atoms. The number of likely N-dealkylation sites (tertiary alicyclic amines) is 1. The lowest BCUT2D eigenvalue weighted by Crippen LogP contribution is -2.43. The van der Waals surface area contributed by atoms with Crippen LogP contribution in [-0.2, 0) is 0 Å². The van der Waals surface area contributed by atoms with Gasteiger partial charge in [-0.25, -0.2) is 0 Å². The molecule has 4 heteroatoms. The molecular weight excluding hydrogens is 240 g/mol. The normalized spacial score (nSPS) is 21.7. The largest absolute Gasteiger partial charge is 0.411 e. The summed E-state index contributed by atoms with van der Waals surface area (Å²) in [6, 6.07) is 5.94. The summed E-state index contributed by atoms with van der Waals surface area (Å²) in [6.45, 7) is 7.17. The monoisotopic (exact) mass is 260 g/mol. The molecule has 1 saturated heterocycles. The summed E-state index contributed by atoms with van der Waals surface area (Å²) in [5.41, 5.74) is 3.66. The van der Waals surface area contributed by atoms with Gasteiger partial charge in [-0.05, 0) is 25.5 Å². The smallest absolute Gasteiger partial charge is 0.254 e. The molecule has 2 rings (SSSR count). The van der Waals surface area contributed by atoms with Crippen LogP contribution in [0.4, 0.5) is 0 Å². The van der Waals surface area contributed by atoms with Crippen molar-refractivity contribution in [3.05, 3.63) is 34.9 Å². The molecule has 1 unspecified atom stereocenters. The highest BCUT2D eigenvalue weighted by atomic mass is 16.4.